The van der Waals surface area contributed by atoms with Crippen molar-refractivity contribution in [1.29, 1.82) is 0 Å². The molecule has 3 heteroatoms. The van der Waals surface area contributed by atoms with Crippen LogP contribution in [0, 0.1) is 0 Å². The van der Waals surface area contributed by atoms with E-state index >= 15 is 0 Å². The summed E-state index contributed by atoms with van der Waals surface area (Å²) >= 11 is 0. The van der Waals surface area contributed by atoms with Crippen LogP contribution >= 0.6 is 0 Å². The first-order valence-corrected chi connectivity index (χ1v) is 6.91. The smallest absolute Gasteiger partial charge is 0.249 e. The van der Waals surface area contributed by atoms with E-state index in [-0.39, 0.29) is 11.9 Å². The van der Waals surface area contributed by atoms with E-state index in [4.69, 9.17) is 0 Å². The number of hydrogen-bond donors (Lipinski definition) is 0. The number of anilines is 2. The molecule has 0 N–H and O–H groups in total. The molecule has 1 unspecified atom stereocenters. The van der Waals surface area contributed by atoms with Gasteiger partial charge in [-0.15, -0.1) is 0 Å². The number of carbonyl (C=O) groups excluding carboxylic acids is 1. The Bertz CT molecular complexity index is 582. The Labute approximate surface area is 119 Å². The fraction of sp³-hybridized carbons (Fsp3) is 0.235. The zero-order chi connectivity index (χ0) is 13.9. The maximum Gasteiger partial charge on any atom is 0.249 e. The van der Waals surface area contributed by atoms with Gasteiger partial charge in [0.2, 0.25) is 5.91 Å². The minimum atomic E-state index is -0.0717. The summed E-state index contributed by atoms with van der Waals surface area (Å²) in [5.74, 6) is 0.183. The predicted molar refractivity (Wildman–Crippen MR) is 82.0 cm³/mol. The molecule has 2 aromatic rings. The molecule has 1 saturated heterocycles. The van der Waals surface area contributed by atoms with Crippen molar-refractivity contribution in [2.45, 2.75) is 12.5 Å². The average Bonchev–Trinajstić information content (AvgIpc) is 2.90. The van der Waals surface area contributed by atoms with E-state index in [2.05, 4.69) is 4.90 Å². The van der Waals surface area contributed by atoms with Crippen LogP contribution in [0.25, 0.3) is 0 Å². The van der Waals surface area contributed by atoms with Gasteiger partial charge in [0.25, 0.3) is 0 Å². The van der Waals surface area contributed by atoms with E-state index in [9.17, 15) is 4.79 Å². The van der Waals surface area contributed by atoms with Crippen molar-refractivity contribution in [2.24, 2.45) is 0 Å². The Kier molecular flexibility index (Phi) is 3.42. The lowest BCUT2D eigenvalue weighted by Gasteiger charge is -2.25. The molecule has 3 rings (SSSR count). The monoisotopic (exact) mass is 266 g/mol. The van der Waals surface area contributed by atoms with Crippen LogP contribution in [-0.2, 0) is 4.79 Å². The Morgan fingerprint density at radius 1 is 1.00 bits per heavy atom. The van der Waals surface area contributed by atoms with E-state index in [1.807, 2.05) is 72.6 Å². The zero-order valence-corrected chi connectivity index (χ0v) is 11.6. The summed E-state index contributed by atoms with van der Waals surface area (Å²) in [7, 11) is 1.99. The molecule has 3 nitrogen and oxygen atoms in total. The lowest BCUT2D eigenvalue weighted by Crippen LogP contribution is -2.39. The van der Waals surface area contributed by atoms with Gasteiger partial charge in [-0.05, 0) is 30.7 Å². The van der Waals surface area contributed by atoms with Crippen LogP contribution in [0.4, 0.5) is 11.4 Å². The van der Waals surface area contributed by atoms with Gasteiger partial charge >= 0.3 is 0 Å². The van der Waals surface area contributed by atoms with Gasteiger partial charge in [0.15, 0.2) is 0 Å². The quantitative estimate of drug-likeness (QED) is 0.852. The summed E-state index contributed by atoms with van der Waals surface area (Å²) in [5, 5.41) is 0. The van der Waals surface area contributed by atoms with E-state index in [1.165, 1.54) is 0 Å². The molecule has 0 aromatic heterocycles. The predicted octanol–water partition coefficient (Wildman–Crippen LogP) is 2.93. The molecule has 0 radical (unpaired) electrons. The van der Waals surface area contributed by atoms with Gasteiger partial charge in [-0.1, -0.05) is 36.4 Å². The van der Waals surface area contributed by atoms with Crippen molar-refractivity contribution in [3.63, 3.8) is 0 Å². The van der Waals surface area contributed by atoms with E-state index < -0.39 is 0 Å². The van der Waals surface area contributed by atoms with Crippen LogP contribution < -0.4 is 9.80 Å². The van der Waals surface area contributed by atoms with E-state index in [1.54, 1.807) is 0 Å². The molecular weight excluding hydrogens is 248 g/mol. The first kappa shape index (κ1) is 12.7. The third kappa shape index (κ3) is 2.27. The summed E-state index contributed by atoms with van der Waals surface area (Å²) in [6, 6.07) is 19.9. The van der Waals surface area contributed by atoms with Crippen LogP contribution in [0.5, 0.6) is 0 Å². The highest BCUT2D eigenvalue weighted by Gasteiger charge is 2.35. The third-order valence-electron chi connectivity index (χ3n) is 3.88. The highest BCUT2D eigenvalue weighted by atomic mass is 16.2. The summed E-state index contributed by atoms with van der Waals surface area (Å²) in [4.78, 5) is 16.6. The van der Waals surface area contributed by atoms with E-state index in [0.717, 1.165) is 24.3 Å². The Morgan fingerprint density at radius 2 is 1.60 bits per heavy atom. The second-order valence-electron chi connectivity index (χ2n) is 5.08. The second-order valence-corrected chi connectivity index (χ2v) is 5.08. The molecule has 0 bridgehead atoms. The molecule has 2 aromatic carbocycles. The lowest BCUT2D eigenvalue weighted by atomic mass is 10.2. The first-order valence-electron chi connectivity index (χ1n) is 6.91. The van der Waals surface area contributed by atoms with Crippen molar-refractivity contribution >= 4 is 17.3 Å². The topological polar surface area (TPSA) is 23.6 Å². The maximum absolute atomic E-state index is 12.6. The van der Waals surface area contributed by atoms with Gasteiger partial charge in [0.05, 0.1) is 0 Å². The summed E-state index contributed by atoms with van der Waals surface area (Å²) in [5.41, 5.74) is 2.07. The number of benzene rings is 2. The molecule has 0 saturated carbocycles. The van der Waals surface area contributed by atoms with Crippen LogP contribution in [0.15, 0.2) is 60.7 Å². The van der Waals surface area contributed by atoms with E-state index in [0.29, 0.717) is 0 Å². The number of rotatable bonds is 3. The number of carbonyl (C=O) groups is 1. The van der Waals surface area contributed by atoms with Crippen molar-refractivity contribution in [1.82, 2.24) is 0 Å². The van der Waals surface area contributed by atoms with Gasteiger partial charge < -0.3 is 9.80 Å². The summed E-state index contributed by atoms with van der Waals surface area (Å²) in [6.07, 6.45) is 0.860. The van der Waals surface area contributed by atoms with Gasteiger partial charge in [-0.2, -0.15) is 0 Å². The molecule has 1 heterocycles. The van der Waals surface area contributed by atoms with Gasteiger partial charge in [0.1, 0.15) is 6.04 Å². The number of likely N-dealkylation sites (N-methyl/N-ethyl adjacent to an activating group) is 1. The van der Waals surface area contributed by atoms with Crippen LogP contribution in [-0.4, -0.2) is 25.5 Å². The normalized spacial score (nSPS) is 18.4. The van der Waals surface area contributed by atoms with Crippen molar-refractivity contribution in [3.05, 3.63) is 60.7 Å². The van der Waals surface area contributed by atoms with Crippen molar-refractivity contribution < 1.29 is 4.79 Å². The number of nitrogens with zero attached hydrogens (tertiary/aromatic N) is 2. The molecule has 1 atom stereocenters. The molecule has 1 amide bonds. The zero-order valence-electron chi connectivity index (χ0n) is 11.6. The molecular formula is C17H18N2O. The highest BCUT2D eigenvalue weighted by molar-refractivity contribution is 6.01. The molecule has 1 fully saturated rings. The first-order chi connectivity index (χ1) is 9.77. The van der Waals surface area contributed by atoms with Crippen LogP contribution in [0.1, 0.15) is 6.42 Å². The highest BCUT2D eigenvalue weighted by Crippen LogP contribution is 2.26. The lowest BCUT2D eigenvalue weighted by molar-refractivity contribution is -0.118. The Morgan fingerprint density at radius 3 is 2.25 bits per heavy atom. The second kappa shape index (κ2) is 5.37. The minimum Gasteiger partial charge on any atom is -0.363 e. The van der Waals surface area contributed by atoms with Gasteiger partial charge in [-0.25, -0.2) is 0 Å². The molecule has 0 spiro atoms. The van der Waals surface area contributed by atoms with Crippen LogP contribution in [0.2, 0.25) is 0 Å². The number of para-hydroxylation sites is 2. The Balaban J connectivity index is 1.79. The average molecular weight is 266 g/mol. The standard InChI is InChI=1S/C17H18N2O/c1-18(14-8-4-2-5-9-14)16-12-13-19(17(16)20)15-10-6-3-7-11-15/h2-11,16H,12-13H2,1H3. The molecule has 102 valence electrons. The van der Waals surface area contributed by atoms with Gasteiger partial charge in [0, 0.05) is 25.0 Å². The fourth-order valence-corrected chi connectivity index (χ4v) is 2.73. The third-order valence-corrected chi connectivity index (χ3v) is 3.88. The Hall–Kier alpha value is -2.29. The summed E-state index contributed by atoms with van der Waals surface area (Å²) in [6.45, 7) is 0.782. The number of amides is 1. The molecule has 1 aliphatic heterocycles. The van der Waals surface area contributed by atoms with Crippen LogP contribution in [0.3, 0.4) is 0 Å². The maximum atomic E-state index is 12.6. The molecule has 0 aliphatic carbocycles. The van der Waals surface area contributed by atoms with Gasteiger partial charge in [-0.3, -0.25) is 4.79 Å². The fourth-order valence-electron chi connectivity index (χ4n) is 2.73. The summed E-state index contributed by atoms with van der Waals surface area (Å²) < 4.78 is 0. The SMILES string of the molecule is CN(c1ccccc1)C1CCN(c2ccccc2)C1=O. The molecule has 1 aliphatic rings. The van der Waals surface area contributed by atoms with Crippen molar-refractivity contribution in [3.8, 4) is 0 Å². The number of hydrogen-bond acceptors (Lipinski definition) is 2. The molecule has 20 heavy (non-hydrogen) atoms. The van der Waals surface area contributed by atoms with Crippen molar-refractivity contribution in [2.75, 3.05) is 23.4 Å². The largest absolute Gasteiger partial charge is 0.363 e. The minimum absolute atomic E-state index is 0.0717.